The summed E-state index contributed by atoms with van der Waals surface area (Å²) in [6, 6.07) is 4.28. The molecule has 1 heterocycles. The Balaban J connectivity index is 1.75. The van der Waals surface area contributed by atoms with Crippen molar-refractivity contribution in [1.82, 2.24) is 4.31 Å². The van der Waals surface area contributed by atoms with Gasteiger partial charge in [-0.2, -0.15) is 17.5 Å². The molecule has 138 valence electrons. The lowest BCUT2D eigenvalue weighted by molar-refractivity contribution is -0.137. The van der Waals surface area contributed by atoms with E-state index in [9.17, 15) is 21.6 Å². The molecule has 0 radical (unpaired) electrons. The quantitative estimate of drug-likeness (QED) is 0.716. The van der Waals surface area contributed by atoms with E-state index in [2.05, 4.69) is 6.58 Å². The van der Waals surface area contributed by atoms with Crippen molar-refractivity contribution in [1.29, 1.82) is 0 Å². The third kappa shape index (κ3) is 3.69. The second-order valence-electron chi connectivity index (χ2n) is 6.53. The summed E-state index contributed by atoms with van der Waals surface area (Å²) in [4.78, 5) is 0. The molecule has 2 bridgehead atoms. The molecule has 1 saturated heterocycles. The minimum absolute atomic E-state index is 0.0370. The van der Waals surface area contributed by atoms with Crippen LogP contribution in [0.1, 0.15) is 24.8 Å². The number of rotatable bonds is 6. The number of alkyl halides is 3. The molecule has 1 aromatic rings. The predicted molar refractivity (Wildman–Crippen MR) is 87.7 cm³/mol. The van der Waals surface area contributed by atoms with Crippen molar-refractivity contribution in [3.8, 4) is 5.75 Å². The highest BCUT2D eigenvalue weighted by atomic mass is 32.2. The number of nitrogens with zero attached hydrogens (tertiary/aromatic N) is 1. The van der Waals surface area contributed by atoms with Crippen molar-refractivity contribution in [2.75, 3.05) is 12.4 Å². The van der Waals surface area contributed by atoms with Gasteiger partial charge in [0.05, 0.1) is 17.4 Å². The summed E-state index contributed by atoms with van der Waals surface area (Å²) in [6.45, 7) is 3.54. The molecular weight excluding hydrogens is 355 g/mol. The van der Waals surface area contributed by atoms with E-state index in [1.165, 1.54) is 22.5 Å². The van der Waals surface area contributed by atoms with Gasteiger partial charge >= 0.3 is 6.18 Å². The molecule has 3 rings (SSSR count). The Kier molecular flexibility index (Phi) is 4.85. The van der Waals surface area contributed by atoms with Gasteiger partial charge in [-0.15, -0.1) is 6.58 Å². The fraction of sp³-hybridized carbons (Fsp3) is 0.529. The largest absolute Gasteiger partial charge is 0.492 e. The number of fused-ring (bicyclic) bond motifs is 2. The maximum absolute atomic E-state index is 12.8. The molecular formula is C17H20F3NO3S. The van der Waals surface area contributed by atoms with Crippen LogP contribution in [0.15, 0.2) is 36.9 Å². The van der Waals surface area contributed by atoms with Crippen molar-refractivity contribution in [3.63, 3.8) is 0 Å². The Bertz CT molecular complexity index is 748. The summed E-state index contributed by atoms with van der Waals surface area (Å²) in [7, 11) is -3.47. The van der Waals surface area contributed by atoms with Crippen LogP contribution in [0.2, 0.25) is 0 Å². The molecule has 0 amide bonds. The van der Waals surface area contributed by atoms with Crippen LogP contribution in [0.5, 0.6) is 5.75 Å². The fourth-order valence-electron chi connectivity index (χ4n) is 3.87. The van der Waals surface area contributed by atoms with Gasteiger partial charge in [-0.25, -0.2) is 8.42 Å². The van der Waals surface area contributed by atoms with Gasteiger partial charge in [-0.3, -0.25) is 0 Å². The van der Waals surface area contributed by atoms with Crippen molar-refractivity contribution in [2.45, 2.75) is 37.5 Å². The predicted octanol–water partition coefficient (Wildman–Crippen LogP) is 3.45. The van der Waals surface area contributed by atoms with Gasteiger partial charge in [0.15, 0.2) is 0 Å². The zero-order chi connectivity index (χ0) is 18.2. The van der Waals surface area contributed by atoms with E-state index < -0.39 is 21.8 Å². The number of piperidine rings is 1. The van der Waals surface area contributed by atoms with Gasteiger partial charge in [-0.1, -0.05) is 12.1 Å². The molecule has 1 aliphatic carbocycles. The third-order valence-corrected chi connectivity index (χ3v) is 6.78. The van der Waals surface area contributed by atoms with Crippen LogP contribution in [0.3, 0.4) is 0 Å². The van der Waals surface area contributed by atoms with Crippen molar-refractivity contribution in [2.24, 2.45) is 5.92 Å². The summed E-state index contributed by atoms with van der Waals surface area (Å²) in [5, 5.41) is 0. The number of halogens is 3. The number of benzene rings is 1. The normalized spacial score (nSPS) is 26.8. The molecule has 4 nitrogen and oxygen atoms in total. The number of sulfonamides is 1. The first kappa shape index (κ1) is 18.3. The first-order chi connectivity index (χ1) is 11.7. The average molecular weight is 375 g/mol. The first-order valence-electron chi connectivity index (χ1n) is 8.14. The molecule has 2 unspecified atom stereocenters. The average Bonchev–Trinajstić information content (AvgIpc) is 3.13. The second kappa shape index (κ2) is 6.64. The van der Waals surface area contributed by atoms with Crippen LogP contribution in [-0.4, -0.2) is 37.2 Å². The highest BCUT2D eigenvalue weighted by Crippen LogP contribution is 2.44. The van der Waals surface area contributed by atoms with E-state index in [1.54, 1.807) is 0 Å². The van der Waals surface area contributed by atoms with E-state index in [-0.39, 0.29) is 36.1 Å². The lowest BCUT2D eigenvalue weighted by Crippen LogP contribution is -2.48. The van der Waals surface area contributed by atoms with Gasteiger partial charge in [0.1, 0.15) is 12.4 Å². The minimum atomic E-state index is -4.44. The molecule has 1 saturated carbocycles. The van der Waals surface area contributed by atoms with Crippen molar-refractivity contribution >= 4 is 10.0 Å². The van der Waals surface area contributed by atoms with Crippen LogP contribution < -0.4 is 4.74 Å². The molecule has 1 aromatic carbocycles. The van der Waals surface area contributed by atoms with Crippen LogP contribution in [0, 0.1) is 5.92 Å². The van der Waals surface area contributed by atoms with E-state index in [4.69, 9.17) is 4.74 Å². The van der Waals surface area contributed by atoms with Gasteiger partial charge in [0.25, 0.3) is 0 Å². The number of ether oxygens (including phenoxy) is 1. The van der Waals surface area contributed by atoms with Crippen LogP contribution in [0.4, 0.5) is 13.2 Å². The smallest absolute Gasteiger partial charge is 0.416 e. The Hall–Kier alpha value is -1.54. The maximum atomic E-state index is 12.8. The molecule has 0 spiro atoms. The van der Waals surface area contributed by atoms with Crippen molar-refractivity contribution in [3.05, 3.63) is 42.5 Å². The molecule has 2 fully saturated rings. The summed E-state index contributed by atoms with van der Waals surface area (Å²) >= 11 is 0. The Labute approximate surface area is 145 Å². The van der Waals surface area contributed by atoms with Crippen LogP contribution in [0.25, 0.3) is 0 Å². The summed E-state index contributed by atoms with van der Waals surface area (Å²) < 4.78 is 70.4. The standard InChI is InChI=1S/C17H20F3NO3S/c1-2-8-25(22,23)21-14-7-6-12(9-14)16(21)11-24-15-5-3-4-13(10-15)17(18,19)20/h2-5,10,12,14,16H,1,6-9,11H2/t12?,14?,16-/m0/s1. The molecule has 2 aliphatic rings. The Morgan fingerprint density at radius 1 is 1.32 bits per heavy atom. The van der Waals surface area contributed by atoms with Crippen LogP contribution in [-0.2, 0) is 16.2 Å². The molecule has 8 heteroatoms. The number of hydrogen-bond donors (Lipinski definition) is 0. The monoisotopic (exact) mass is 375 g/mol. The van der Waals surface area contributed by atoms with Gasteiger partial charge in [0, 0.05) is 6.04 Å². The molecule has 0 aromatic heterocycles. The Morgan fingerprint density at radius 3 is 2.76 bits per heavy atom. The van der Waals surface area contributed by atoms with E-state index in [0.29, 0.717) is 0 Å². The first-order valence-corrected chi connectivity index (χ1v) is 9.75. The summed E-state index contributed by atoms with van der Waals surface area (Å²) in [5.74, 6) is 0.144. The van der Waals surface area contributed by atoms with Crippen LogP contribution >= 0.6 is 0 Å². The fourth-order valence-corrected chi connectivity index (χ4v) is 5.63. The molecule has 0 N–H and O–H groups in total. The minimum Gasteiger partial charge on any atom is -0.492 e. The van der Waals surface area contributed by atoms with Gasteiger partial charge in [-0.05, 0) is 43.4 Å². The van der Waals surface area contributed by atoms with Gasteiger partial charge < -0.3 is 4.74 Å². The Morgan fingerprint density at radius 2 is 2.08 bits per heavy atom. The zero-order valence-electron chi connectivity index (χ0n) is 13.6. The highest BCUT2D eigenvalue weighted by molar-refractivity contribution is 7.89. The highest BCUT2D eigenvalue weighted by Gasteiger charge is 2.50. The lowest BCUT2D eigenvalue weighted by atomic mass is 10.0. The molecule has 1 aliphatic heterocycles. The van der Waals surface area contributed by atoms with E-state index in [0.717, 1.165) is 31.4 Å². The molecule has 25 heavy (non-hydrogen) atoms. The summed E-state index contributed by atoms with van der Waals surface area (Å²) in [5.41, 5.74) is -0.783. The maximum Gasteiger partial charge on any atom is 0.416 e. The third-order valence-electron chi connectivity index (χ3n) is 4.91. The second-order valence-corrected chi connectivity index (χ2v) is 8.45. The number of hydrogen-bond acceptors (Lipinski definition) is 3. The summed E-state index contributed by atoms with van der Waals surface area (Å²) in [6.07, 6.45) is -0.563. The van der Waals surface area contributed by atoms with E-state index >= 15 is 0 Å². The molecule has 3 atom stereocenters. The van der Waals surface area contributed by atoms with E-state index in [1.807, 2.05) is 0 Å². The SMILES string of the molecule is C=CCS(=O)(=O)N1C2CCC(C2)[C@@H]1COc1cccc(C(F)(F)F)c1. The van der Waals surface area contributed by atoms with Gasteiger partial charge in [0.2, 0.25) is 10.0 Å². The topological polar surface area (TPSA) is 46.6 Å². The van der Waals surface area contributed by atoms with Crippen molar-refractivity contribution < 1.29 is 26.3 Å². The zero-order valence-corrected chi connectivity index (χ0v) is 14.4. The lowest BCUT2D eigenvalue weighted by Gasteiger charge is -2.33.